The van der Waals surface area contributed by atoms with Gasteiger partial charge in [-0.05, 0) is 55.1 Å². The molecule has 2 heterocycles. The SMILES string of the molecule is CNCCNC(=O)c1cc(NC(=O)/C=C/c2cccc(Oc3ccnc(C4=NCCN4)c3)c2)cc(C(F)(F)F)c1. The molecule has 0 spiro atoms. The molecule has 0 atom stereocenters. The van der Waals surface area contributed by atoms with Gasteiger partial charge in [-0.3, -0.25) is 19.6 Å². The van der Waals surface area contributed by atoms with Crippen LogP contribution in [0.1, 0.15) is 27.2 Å². The van der Waals surface area contributed by atoms with Crippen molar-refractivity contribution in [2.24, 2.45) is 4.99 Å². The number of rotatable bonds is 10. The lowest BCUT2D eigenvalue weighted by Gasteiger charge is -2.13. The maximum absolute atomic E-state index is 13.4. The average molecular weight is 553 g/mol. The van der Waals surface area contributed by atoms with Crippen LogP contribution in [0.5, 0.6) is 11.5 Å². The predicted molar refractivity (Wildman–Crippen MR) is 146 cm³/mol. The lowest BCUT2D eigenvalue weighted by Crippen LogP contribution is -2.30. The summed E-state index contributed by atoms with van der Waals surface area (Å²) in [5.41, 5.74) is -0.137. The summed E-state index contributed by atoms with van der Waals surface area (Å²) in [6.07, 6.45) is -0.406. The summed E-state index contributed by atoms with van der Waals surface area (Å²) >= 11 is 0. The molecule has 2 amide bonds. The Morgan fingerprint density at radius 2 is 1.90 bits per heavy atom. The second kappa shape index (κ2) is 12.9. The molecule has 2 aromatic carbocycles. The number of aliphatic imine (C=N–C) groups is 1. The minimum atomic E-state index is -4.70. The van der Waals surface area contributed by atoms with Crippen LogP contribution in [0.25, 0.3) is 6.08 Å². The number of carbonyl (C=O) groups excluding carboxylic acids is 2. The Morgan fingerprint density at radius 3 is 2.65 bits per heavy atom. The summed E-state index contributed by atoms with van der Waals surface area (Å²) < 4.78 is 46.2. The van der Waals surface area contributed by atoms with E-state index in [4.69, 9.17) is 4.74 Å². The molecule has 1 aliphatic rings. The number of amidine groups is 1. The highest BCUT2D eigenvalue weighted by Gasteiger charge is 2.32. The molecule has 0 radical (unpaired) electrons. The number of nitrogens with zero attached hydrogens (tertiary/aromatic N) is 2. The largest absolute Gasteiger partial charge is 0.457 e. The number of hydrogen-bond donors (Lipinski definition) is 4. The topological polar surface area (TPSA) is 117 Å². The van der Waals surface area contributed by atoms with E-state index in [2.05, 4.69) is 31.2 Å². The molecule has 4 rings (SSSR count). The van der Waals surface area contributed by atoms with Crippen LogP contribution in [-0.2, 0) is 11.0 Å². The van der Waals surface area contributed by atoms with E-state index in [1.807, 2.05) is 0 Å². The Balaban J connectivity index is 1.44. The number of pyridine rings is 1. The third kappa shape index (κ3) is 7.90. The van der Waals surface area contributed by atoms with Gasteiger partial charge in [-0.15, -0.1) is 0 Å². The van der Waals surface area contributed by atoms with E-state index in [1.54, 1.807) is 49.6 Å². The fourth-order valence-electron chi connectivity index (χ4n) is 3.74. The quantitative estimate of drug-likeness (QED) is 0.224. The van der Waals surface area contributed by atoms with Crippen molar-refractivity contribution in [3.63, 3.8) is 0 Å². The predicted octanol–water partition coefficient (Wildman–Crippen LogP) is 3.84. The van der Waals surface area contributed by atoms with Crippen LogP contribution < -0.4 is 26.0 Å². The summed E-state index contributed by atoms with van der Waals surface area (Å²) in [6, 6.07) is 13.1. The van der Waals surface area contributed by atoms with Gasteiger partial charge in [0.15, 0.2) is 0 Å². The first-order valence-corrected chi connectivity index (χ1v) is 12.4. The lowest BCUT2D eigenvalue weighted by atomic mass is 10.1. The lowest BCUT2D eigenvalue weighted by molar-refractivity contribution is -0.137. The number of carbonyl (C=O) groups is 2. The molecule has 0 aliphatic carbocycles. The smallest absolute Gasteiger partial charge is 0.416 e. The molecular formula is C28H27F3N6O3. The zero-order chi connectivity index (χ0) is 28.5. The zero-order valence-electron chi connectivity index (χ0n) is 21.5. The minimum absolute atomic E-state index is 0.157. The molecule has 12 heteroatoms. The third-order valence-electron chi connectivity index (χ3n) is 5.62. The molecule has 0 unspecified atom stereocenters. The fraction of sp³-hybridized carbons (Fsp3) is 0.214. The number of aromatic nitrogens is 1. The maximum Gasteiger partial charge on any atom is 0.416 e. The number of alkyl halides is 3. The van der Waals surface area contributed by atoms with Crippen LogP contribution in [-0.4, -0.2) is 55.9 Å². The highest BCUT2D eigenvalue weighted by Crippen LogP contribution is 2.32. The third-order valence-corrected chi connectivity index (χ3v) is 5.62. The zero-order valence-corrected chi connectivity index (χ0v) is 21.5. The number of amides is 2. The first-order valence-electron chi connectivity index (χ1n) is 12.4. The van der Waals surface area contributed by atoms with Gasteiger partial charge >= 0.3 is 6.18 Å². The summed E-state index contributed by atoms with van der Waals surface area (Å²) in [7, 11) is 1.68. The molecule has 0 bridgehead atoms. The normalized spacial score (nSPS) is 13.1. The Bertz CT molecular complexity index is 1440. The van der Waals surface area contributed by atoms with Crippen molar-refractivity contribution in [1.82, 2.24) is 20.9 Å². The molecular weight excluding hydrogens is 525 g/mol. The molecule has 3 aromatic rings. The van der Waals surface area contributed by atoms with Gasteiger partial charge in [-0.1, -0.05) is 12.1 Å². The molecule has 1 aromatic heterocycles. The van der Waals surface area contributed by atoms with E-state index in [-0.39, 0.29) is 17.8 Å². The van der Waals surface area contributed by atoms with E-state index < -0.39 is 23.6 Å². The van der Waals surface area contributed by atoms with Crippen molar-refractivity contribution in [2.75, 3.05) is 38.5 Å². The summed E-state index contributed by atoms with van der Waals surface area (Å²) in [5.74, 6) is 0.410. The average Bonchev–Trinajstić information content (AvgIpc) is 3.47. The van der Waals surface area contributed by atoms with Gasteiger partial charge < -0.3 is 26.0 Å². The number of likely N-dealkylation sites (N-methyl/N-ethyl adjacent to an activating group) is 1. The van der Waals surface area contributed by atoms with Crippen LogP contribution in [0.2, 0.25) is 0 Å². The van der Waals surface area contributed by atoms with Gasteiger partial charge in [0.2, 0.25) is 5.91 Å². The van der Waals surface area contributed by atoms with Crippen molar-refractivity contribution in [1.29, 1.82) is 0 Å². The van der Waals surface area contributed by atoms with Crippen LogP contribution in [0.15, 0.2) is 71.9 Å². The van der Waals surface area contributed by atoms with E-state index in [0.29, 0.717) is 41.7 Å². The number of anilines is 1. The van der Waals surface area contributed by atoms with Crippen molar-refractivity contribution in [3.8, 4) is 11.5 Å². The summed E-state index contributed by atoms with van der Waals surface area (Å²) in [4.78, 5) is 33.5. The number of halogens is 3. The Labute approximate surface area is 228 Å². The fourth-order valence-corrected chi connectivity index (χ4v) is 3.74. The van der Waals surface area contributed by atoms with Gasteiger partial charge in [-0.2, -0.15) is 13.2 Å². The summed E-state index contributed by atoms with van der Waals surface area (Å²) in [6.45, 7) is 2.12. The first-order chi connectivity index (χ1) is 19.2. The second-order valence-corrected chi connectivity index (χ2v) is 8.69. The molecule has 0 fully saturated rings. The van der Waals surface area contributed by atoms with Crippen LogP contribution in [0.3, 0.4) is 0 Å². The highest BCUT2D eigenvalue weighted by atomic mass is 19.4. The van der Waals surface area contributed by atoms with Crippen molar-refractivity contribution in [2.45, 2.75) is 6.18 Å². The number of benzene rings is 2. The van der Waals surface area contributed by atoms with Crippen LogP contribution >= 0.6 is 0 Å². The Kier molecular flexibility index (Phi) is 9.12. The Hall–Kier alpha value is -4.71. The first kappa shape index (κ1) is 28.3. The molecule has 9 nitrogen and oxygen atoms in total. The highest BCUT2D eigenvalue weighted by molar-refractivity contribution is 6.03. The Morgan fingerprint density at radius 1 is 1.07 bits per heavy atom. The van der Waals surface area contributed by atoms with Crippen LogP contribution in [0, 0.1) is 0 Å². The monoisotopic (exact) mass is 552 g/mol. The van der Waals surface area contributed by atoms with Gasteiger partial charge in [0, 0.05) is 49.2 Å². The minimum Gasteiger partial charge on any atom is -0.457 e. The van der Waals surface area contributed by atoms with E-state index in [9.17, 15) is 22.8 Å². The van der Waals surface area contributed by atoms with Crippen molar-refractivity contribution >= 4 is 29.4 Å². The molecule has 40 heavy (non-hydrogen) atoms. The van der Waals surface area contributed by atoms with E-state index in [1.165, 1.54) is 18.2 Å². The molecule has 0 saturated heterocycles. The van der Waals surface area contributed by atoms with Gasteiger partial charge in [0.1, 0.15) is 23.0 Å². The number of nitrogens with one attached hydrogen (secondary N) is 4. The molecule has 4 N–H and O–H groups in total. The molecule has 0 saturated carbocycles. The maximum atomic E-state index is 13.4. The second-order valence-electron chi connectivity index (χ2n) is 8.69. The van der Waals surface area contributed by atoms with Crippen molar-refractivity contribution < 1.29 is 27.5 Å². The van der Waals surface area contributed by atoms with Gasteiger partial charge in [0.25, 0.3) is 5.91 Å². The standard InChI is InChI=1S/C28H27F3N6O3/c1-32-9-10-36-27(39)19-14-20(28(29,30)31)16-21(15-19)37-25(38)6-5-18-3-2-4-22(13-18)40-23-7-8-33-24(17-23)26-34-11-12-35-26/h2-8,13-17,32H,9-12H2,1H3,(H,34,35)(H,36,39)(H,37,38)/b6-5+. The summed E-state index contributed by atoms with van der Waals surface area (Å²) in [5, 5.41) is 10.9. The molecule has 208 valence electrons. The van der Waals surface area contributed by atoms with Gasteiger partial charge in [-0.25, -0.2) is 0 Å². The molecule has 1 aliphatic heterocycles. The number of hydrogen-bond acceptors (Lipinski definition) is 7. The van der Waals surface area contributed by atoms with E-state index in [0.717, 1.165) is 18.7 Å². The van der Waals surface area contributed by atoms with Gasteiger partial charge in [0.05, 0.1) is 12.1 Å². The number of ether oxygens (including phenoxy) is 1. The van der Waals surface area contributed by atoms with Crippen molar-refractivity contribution in [3.05, 3.63) is 89.3 Å². The van der Waals surface area contributed by atoms with Crippen LogP contribution in [0.4, 0.5) is 18.9 Å². The van der Waals surface area contributed by atoms with E-state index >= 15 is 0 Å².